The lowest BCUT2D eigenvalue weighted by Crippen LogP contribution is -2.22. The van der Waals surface area contributed by atoms with Crippen LogP contribution < -0.4 is 5.32 Å². The van der Waals surface area contributed by atoms with Crippen molar-refractivity contribution in [2.45, 2.75) is 19.5 Å². The fraction of sp³-hybridized carbons (Fsp3) is 0.385. The lowest BCUT2D eigenvalue weighted by Gasteiger charge is -2.23. The summed E-state index contributed by atoms with van der Waals surface area (Å²) in [6.45, 7) is 2.99. The first-order chi connectivity index (χ1) is 8.70. The Bertz CT molecular complexity index is 483. The van der Waals surface area contributed by atoms with E-state index in [-0.39, 0.29) is 6.04 Å². The van der Waals surface area contributed by atoms with Crippen LogP contribution in [0.1, 0.15) is 24.4 Å². The van der Waals surface area contributed by atoms with Gasteiger partial charge in [-0.3, -0.25) is 9.88 Å². The van der Waals surface area contributed by atoms with Crippen molar-refractivity contribution in [3.05, 3.63) is 41.2 Å². The van der Waals surface area contributed by atoms with Crippen molar-refractivity contribution in [3.63, 3.8) is 0 Å². The monoisotopic (exact) mass is 262 g/mol. The van der Waals surface area contributed by atoms with Gasteiger partial charge in [-0.2, -0.15) is 0 Å². The molecule has 1 N–H and O–H groups in total. The van der Waals surface area contributed by atoms with Crippen LogP contribution >= 0.6 is 11.3 Å². The van der Waals surface area contributed by atoms with Gasteiger partial charge in [-0.15, -0.1) is 11.3 Å². The predicted molar refractivity (Wildman–Crippen MR) is 75.8 cm³/mol. The molecule has 0 aliphatic carbocycles. The topological polar surface area (TPSA) is 41.1 Å². The Labute approximate surface area is 112 Å². The molecule has 0 aliphatic heterocycles. The van der Waals surface area contributed by atoms with E-state index in [0.717, 1.165) is 23.1 Å². The van der Waals surface area contributed by atoms with E-state index in [1.165, 1.54) is 0 Å². The summed E-state index contributed by atoms with van der Waals surface area (Å²) in [6.07, 6.45) is 1.83. The van der Waals surface area contributed by atoms with Gasteiger partial charge in [0, 0.05) is 31.2 Å². The van der Waals surface area contributed by atoms with Gasteiger partial charge in [-0.1, -0.05) is 6.07 Å². The van der Waals surface area contributed by atoms with E-state index >= 15 is 0 Å². The molecule has 18 heavy (non-hydrogen) atoms. The number of pyridine rings is 1. The van der Waals surface area contributed by atoms with Gasteiger partial charge in [-0.05, 0) is 26.1 Å². The van der Waals surface area contributed by atoms with Gasteiger partial charge in [0.15, 0.2) is 5.13 Å². The Hall–Kier alpha value is -1.46. The van der Waals surface area contributed by atoms with Crippen molar-refractivity contribution in [3.8, 4) is 0 Å². The Kier molecular flexibility index (Phi) is 4.28. The van der Waals surface area contributed by atoms with E-state index in [1.807, 2.05) is 25.4 Å². The van der Waals surface area contributed by atoms with Gasteiger partial charge >= 0.3 is 0 Å². The van der Waals surface area contributed by atoms with Crippen LogP contribution in [0, 0.1) is 0 Å². The third kappa shape index (κ3) is 3.05. The van der Waals surface area contributed by atoms with Crippen molar-refractivity contribution in [2.24, 2.45) is 0 Å². The average Bonchev–Trinajstić information content (AvgIpc) is 2.86. The number of aromatic nitrogens is 2. The number of nitrogens with one attached hydrogen (secondary N) is 1. The van der Waals surface area contributed by atoms with Crippen LogP contribution in [0.25, 0.3) is 0 Å². The molecule has 0 fully saturated rings. The van der Waals surface area contributed by atoms with E-state index in [2.05, 4.69) is 45.6 Å². The fourth-order valence-corrected chi connectivity index (χ4v) is 2.40. The van der Waals surface area contributed by atoms with Crippen LogP contribution in [-0.4, -0.2) is 29.0 Å². The van der Waals surface area contributed by atoms with E-state index in [4.69, 9.17) is 0 Å². The minimum Gasteiger partial charge on any atom is -0.365 e. The Morgan fingerprint density at radius 1 is 1.44 bits per heavy atom. The number of hydrogen-bond donors (Lipinski definition) is 1. The molecule has 4 nitrogen and oxygen atoms in total. The largest absolute Gasteiger partial charge is 0.365 e. The third-order valence-corrected chi connectivity index (χ3v) is 3.86. The molecule has 0 aliphatic rings. The van der Waals surface area contributed by atoms with Gasteiger partial charge in [0.05, 0.1) is 11.4 Å². The summed E-state index contributed by atoms with van der Waals surface area (Å²) in [5, 5.41) is 6.11. The summed E-state index contributed by atoms with van der Waals surface area (Å²) in [4.78, 5) is 11.1. The van der Waals surface area contributed by atoms with Crippen molar-refractivity contribution in [1.82, 2.24) is 14.9 Å². The van der Waals surface area contributed by atoms with Crippen molar-refractivity contribution < 1.29 is 0 Å². The smallest absolute Gasteiger partial charge is 0.182 e. The number of rotatable bonds is 5. The van der Waals surface area contributed by atoms with Crippen LogP contribution in [0.2, 0.25) is 0 Å². The summed E-state index contributed by atoms with van der Waals surface area (Å²) < 4.78 is 0. The maximum atomic E-state index is 4.49. The molecule has 2 heterocycles. The van der Waals surface area contributed by atoms with Crippen molar-refractivity contribution in [2.75, 3.05) is 19.4 Å². The van der Waals surface area contributed by atoms with Gasteiger partial charge in [-0.25, -0.2) is 4.98 Å². The van der Waals surface area contributed by atoms with Crippen LogP contribution in [0.4, 0.5) is 5.13 Å². The van der Waals surface area contributed by atoms with E-state index in [0.29, 0.717) is 0 Å². The molecule has 96 valence electrons. The lowest BCUT2D eigenvalue weighted by molar-refractivity contribution is 0.246. The van der Waals surface area contributed by atoms with E-state index in [1.54, 1.807) is 11.3 Å². The van der Waals surface area contributed by atoms with Crippen LogP contribution in [-0.2, 0) is 6.54 Å². The molecule has 5 heteroatoms. The highest BCUT2D eigenvalue weighted by Gasteiger charge is 2.14. The van der Waals surface area contributed by atoms with Gasteiger partial charge in [0.1, 0.15) is 0 Å². The summed E-state index contributed by atoms with van der Waals surface area (Å²) in [6, 6.07) is 6.30. The van der Waals surface area contributed by atoms with Gasteiger partial charge in [0.25, 0.3) is 0 Å². The standard InChI is InChI=1S/C13H18N4S/c1-10(12-6-4-5-7-15-12)17(3)8-11-9-18-13(14-2)16-11/h4-7,9-10H,8H2,1-3H3,(H,14,16)/t10-/m0/s1. The zero-order valence-electron chi connectivity index (χ0n) is 10.9. The normalized spacial score (nSPS) is 12.7. The van der Waals surface area contributed by atoms with Crippen LogP contribution in [0.15, 0.2) is 29.8 Å². The zero-order valence-corrected chi connectivity index (χ0v) is 11.7. The molecular weight excluding hydrogens is 244 g/mol. The molecule has 2 aromatic rings. The average molecular weight is 262 g/mol. The zero-order chi connectivity index (χ0) is 13.0. The van der Waals surface area contributed by atoms with Crippen LogP contribution in [0.3, 0.4) is 0 Å². The predicted octanol–water partition coefficient (Wildman–Crippen LogP) is 2.77. The summed E-state index contributed by atoms with van der Waals surface area (Å²) >= 11 is 1.63. The minimum atomic E-state index is 0.283. The molecular formula is C13H18N4S. The molecule has 0 aromatic carbocycles. The number of thiazole rings is 1. The first kappa shape index (κ1) is 13.0. The summed E-state index contributed by atoms with van der Waals surface area (Å²) in [5.41, 5.74) is 2.18. The molecule has 0 unspecified atom stereocenters. The number of hydrogen-bond acceptors (Lipinski definition) is 5. The fourth-order valence-electron chi connectivity index (χ4n) is 1.74. The second-order valence-electron chi connectivity index (χ2n) is 4.24. The molecule has 0 spiro atoms. The SMILES string of the molecule is CNc1nc(CN(C)[C@@H](C)c2ccccn2)cs1. The molecule has 0 saturated heterocycles. The minimum absolute atomic E-state index is 0.283. The summed E-state index contributed by atoms with van der Waals surface area (Å²) in [5.74, 6) is 0. The number of anilines is 1. The van der Waals surface area contributed by atoms with E-state index in [9.17, 15) is 0 Å². The number of nitrogens with zero attached hydrogens (tertiary/aromatic N) is 3. The second kappa shape index (κ2) is 5.93. The maximum absolute atomic E-state index is 4.49. The molecule has 0 amide bonds. The molecule has 2 rings (SSSR count). The molecule has 1 atom stereocenters. The Morgan fingerprint density at radius 3 is 2.89 bits per heavy atom. The maximum Gasteiger partial charge on any atom is 0.182 e. The first-order valence-corrected chi connectivity index (χ1v) is 6.82. The highest BCUT2D eigenvalue weighted by molar-refractivity contribution is 7.13. The molecule has 0 radical (unpaired) electrons. The quantitative estimate of drug-likeness (QED) is 0.899. The third-order valence-electron chi connectivity index (χ3n) is 2.95. The molecule has 0 saturated carbocycles. The second-order valence-corrected chi connectivity index (χ2v) is 5.10. The van der Waals surface area contributed by atoms with Crippen LogP contribution in [0.5, 0.6) is 0 Å². The van der Waals surface area contributed by atoms with Crippen molar-refractivity contribution >= 4 is 16.5 Å². The molecule has 0 bridgehead atoms. The first-order valence-electron chi connectivity index (χ1n) is 5.94. The Balaban J connectivity index is 2.01. The highest BCUT2D eigenvalue weighted by atomic mass is 32.1. The van der Waals surface area contributed by atoms with Crippen molar-refractivity contribution in [1.29, 1.82) is 0 Å². The van der Waals surface area contributed by atoms with Gasteiger partial charge < -0.3 is 5.32 Å². The molecule has 2 aromatic heterocycles. The van der Waals surface area contributed by atoms with E-state index < -0.39 is 0 Å². The summed E-state index contributed by atoms with van der Waals surface area (Å²) in [7, 11) is 3.99. The Morgan fingerprint density at radius 2 is 2.28 bits per heavy atom. The van der Waals surface area contributed by atoms with Gasteiger partial charge in [0.2, 0.25) is 0 Å². The highest BCUT2D eigenvalue weighted by Crippen LogP contribution is 2.20. The lowest BCUT2D eigenvalue weighted by atomic mass is 10.2.